The van der Waals surface area contributed by atoms with Crippen LogP contribution in [-0.2, 0) is 9.53 Å². The smallest absolute Gasteiger partial charge is 0.407 e. The molecule has 1 atom stereocenters. The first-order valence-electron chi connectivity index (χ1n) is 5.44. The van der Waals surface area contributed by atoms with Crippen LogP contribution in [0, 0.1) is 0 Å². The molecule has 5 nitrogen and oxygen atoms in total. The maximum atomic E-state index is 11.3. The van der Waals surface area contributed by atoms with Crippen LogP contribution in [0.1, 0.15) is 40.5 Å². The maximum Gasteiger partial charge on any atom is 0.407 e. The number of rotatable bonds is 4. The number of amides is 2. The average molecular weight is 230 g/mol. The molecule has 0 radical (unpaired) electrons. The lowest BCUT2D eigenvalue weighted by molar-refractivity contribution is -0.120. The Labute approximate surface area is 96.9 Å². The van der Waals surface area contributed by atoms with Crippen molar-refractivity contribution >= 4 is 12.0 Å². The fourth-order valence-corrected chi connectivity index (χ4v) is 1.05. The molecule has 0 aliphatic rings. The third-order valence-electron chi connectivity index (χ3n) is 1.85. The van der Waals surface area contributed by atoms with E-state index in [1.807, 2.05) is 27.7 Å². The van der Waals surface area contributed by atoms with Crippen LogP contribution in [0.4, 0.5) is 4.79 Å². The lowest BCUT2D eigenvalue weighted by Gasteiger charge is -2.21. The monoisotopic (exact) mass is 230 g/mol. The minimum atomic E-state index is -0.495. The summed E-state index contributed by atoms with van der Waals surface area (Å²) in [5.41, 5.74) is -0.495. The van der Waals surface area contributed by atoms with E-state index in [9.17, 15) is 9.59 Å². The zero-order valence-corrected chi connectivity index (χ0v) is 10.7. The van der Waals surface area contributed by atoms with Gasteiger partial charge in [-0.25, -0.2) is 4.79 Å². The fourth-order valence-electron chi connectivity index (χ4n) is 1.05. The van der Waals surface area contributed by atoms with Crippen LogP contribution in [-0.4, -0.2) is 30.7 Å². The number of carbonyl (C=O) groups excluding carboxylic acids is 2. The summed E-state index contributed by atoms with van der Waals surface area (Å²) in [6.45, 7) is 7.26. The molecule has 0 aromatic rings. The maximum absolute atomic E-state index is 11.3. The molecule has 0 aromatic heterocycles. The Hall–Kier alpha value is -1.26. The van der Waals surface area contributed by atoms with Gasteiger partial charge in [0.05, 0.1) is 0 Å². The van der Waals surface area contributed by atoms with Crippen LogP contribution in [0.5, 0.6) is 0 Å². The summed E-state index contributed by atoms with van der Waals surface area (Å²) < 4.78 is 5.09. The van der Waals surface area contributed by atoms with Crippen LogP contribution in [0.15, 0.2) is 0 Å². The van der Waals surface area contributed by atoms with Gasteiger partial charge < -0.3 is 15.4 Å². The normalized spacial score (nSPS) is 12.8. The van der Waals surface area contributed by atoms with Crippen molar-refractivity contribution in [3.05, 3.63) is 0 Å². The SMILES string of the molecule is CNC(=O)CC[C@@H](C)NC(=O)OC(C)(C)C. The molecule has 2 amide bonds. The van der Waals surface area contributed by atoms with Crippen LogP contribution in [0.25, 0.3) is 0 Å². The van der Waals surface area contributed by atoms with Gasteiger partial charge in [0, 0.05) is 19.5 Å². The molecule has 0 spiro atoms. The topological polar surface area (TPSA) is 67.4 Å². The molecular weight excluding hydrogens is 208 g/mol. The summed E-state index contributed by atoms with van der Waals surface area (Å²) in [6.07, 6.45) is 0.545. The second-order valence-corrected chi connectivity index (χ2v) is 4.76. The van der Waals surface area contributed by atoms with Crippen LogP contribution < -0.4 is 10.6 Å². The summed E-state index contributed by atoms with van der Waals surface area (Å²) in [5.74, 6) is -0.0298. The number of ether oxygens (including phenoxy) is 1. The number of hydrogen-bond acceptors (Lipinski definition) is 3. The molecule has 0 unspecified atom stereocenters. The van der Waals surface area contributed by atoms with E-state index in [-0.39, 0.29) is 11.9 Å². The third-order valence-corrected chi connectivity index (χ3v) is 1.85. The molecule has 0 fully saturated rings. The zero-order chi connectivity index (χ0) is 12.8. The first-order valence-corrected chi connectivity index (χ1v) is 5.44. The lowest BCUT2D eigenvalue weighted by Crippen LogP contribution is -2.38. The van der Waals surface area contributed by atoms with E-state index in [0.29, 0.717) is 12.8 Å². The van der Waals surface area contributed by atoms with Crippen LogP contribution in [0.2, 0.25) is 0 Å². The molecule has 16 heavy (non-hydrogen) atoms. The van der Waals surface area contributed by atoms with E-state index in [0.717, 1.165) is 0 Å². The third kappa shape index (κ3) is 8.08. The molecule has 0 saturated carbocycles. The molecule has 0 saturated heterocycles. The van der Waals surface area contributed by atoms with Gasteiger partial charge >= 0.3 is 6.09 Å². The van der Waals surface area contributed by atoms with Gasteiger partial charge in [-0.3, -0.25) is 4.79 Å². The van der Waals surface area contributed by atoms with Crippen molar-refractivity contribution in [3.8, 4) is 0 Å². The van der Waals surface area contributed by atoms with E-state index in [2.05, 4.69) is 10.6 Å². The van der Waals surface area contributed by atoms with Gasteiger partial charge in [-0.2, -0.15) is 0 Å². The Bertz CT molecular complexity index is 246. The van der Waals surface area contributed by atoms with Crippen molar-refractivity contribution in [1.29, 1.82) is 0 Å². The highest BCUT2D eigenvalue weighted by molar-refractivity contribution is 5.75. The highest BCUT2D eigenvalue weighted by Crippen LogP contribution is 2.07. The van der Waals surface area contributed by atoms with Gasteiger partial charge in [0.2, 0.25) is 5.91 Å². The number of alkyl carbamates (subject to hydrolysis) is 1. The Balaban J connectivity index is 3.83. The number of nitrogens with one attached hydrogen (secondary N) is 2. The summed E-state index contributed by atoms with van der Waals surface area (Å²) in [7, 11) is 1.59. The van der Waals surface area contributed by atoms with Crippen molar-refractivity contribution in [2.45, 2.75) is 52.2 Å². The molecule has 0 rings (SSSR count). The standard InChI is InChI=1S/C11H22N2O3/c1-8(6-7-9(14)12-5)13-10(15)16-11(2,3)4/h8H,6-7H2,1-5H3,(H,12,14)(H,13,15)/t8-/m1/s1. The Morgan fingerprint density at radius 2 is 1.88 bits per heavy atom. The van der Waals surface area contributed by atoms with Gasteiger partial charge in [-0.15, -0.1) is 0 Å². The Morgan fingerprint density at radius 1 is 1.31 bits per heavy atom. The molecule has 0 aliphatic carbocycles. The fraction of sp³-hybridized carbons (Fsp3) is 0.818. The number of hydrogen-bond donors (Lipinski definition) is 2. The highest BCUT2D eigenvalue weighted by atomic mass is 16.6. The van der Waals surface area contributed by atoms with Crippen molar-refractivity contribution in [3.63, 3.8) is 0 Å². The van der Waals surface area contributed by atoms with Gasteiger partial charge in [0.15, 0.2) is 0 Å². The quantitative estimate of drug-likeness (QED) is 0.767. The van der Waals surface area contributed by atoms with Crippen LogP contribution in [0.3, 0.4) is 0 Å². The molecule has 0 aliphatic heterocycles. The molecule has 5 heteroatoms. The predicted octanol–water partition coefficient (Wildman–Crippen LogP) is 1.43. The summed E-state index contributed by atoms with van der Waals surface area (Å²) in [4.78, 5) is 22.3. The van der Waals surface area contributed by atoms with E-state index >= 15 is 0 Å². The summed E-state index contributed by atoms with van der Waals surface area (Å²) in [6, 6.07) is -0.0767. The van der Waals surface area contributed by atoms with Gasteiger partial charge in [0.1, 0.15) is 5.60 Å². The van der Waals surface area contributed by atoms with Crippen molar-refractivity contribution < 1.29 is 14.3 Å². The molecule has 0 aromatic carbocycles. The molecule has 2 N–H and O–H groups in total. The second-order valence-electron chi connectivity index (χ2n) is 4.76. The van der Waals surface area contributed by atoms with Crippen LogP contribution >= 0.6 is 0 Å². The summed E-state index contributed by atoms with van der Waals surface area (Å²) >= 11 is 0. The molecule has 94 valence electrons. The first-order chi connectivity index (χ1) is 7.24. The van der Waals surface area contributed by atoms with Crippen molar-refractivity contribution in [1.82, 2.24) is 10.6 Å². The van der Waals surface area contributed by atoms with E-state index < -0.39 is 11.7 Å². The van der Waals surface area contributed by atoms with E-state index in [1.165, 1.54) is 0 Å². The molecule has 0 heterocycles. The highest BCUT2D eigenvalue weighted by Gasteiger charge is 2.17. The molecular formula is C11H22N2O3. The number of carbonyl (C=O) groups is 2. The van der Waals surface area contributed by atoms with Crippen molar-refractivity contribution in [2.75, 3.05) is 7.05 Å². The lowest BCUT2D eigenvalue weighted by atomic mass is 10.2. The first kappa shape index (κ1) is 14.7. The largest absolute Gasteiger partial charge is 0.444 e. The minimum absolute atomic E-state index is 0.0298. The zero-order valence-electron chi connectivity index (χ0n) is 10.7. The second kappa shape index (κ2) is 6.35. The summed E-state index contributed by atoms with van der Waals surface area (Å²) in [5, 5.41) is 5.20. The van der Waals surface area contributed by atoms with Gasteiger partial charge in [-0.1, -0.05) is 0 Å². The van der Waals surface area contributed by atoms with E-state index in [4.69, 9.17) is 4.74 Å². The Morgan fingerprint density at radius 3 is 2.31 bits per heavy atom. The minimum Gasteiger partial charge on any atom is -0.444 e. The van der Waals surface area contributed by atoms with Crippen molar-refractivity contribution in [2.24, 2.45) is 0 Å². The van der Waals surface area contributed by atoms with Gasteiger partial charge in [0.25, 0.3) is 0 Å². The van der Waals surface area contributed by atoms with E-state index in [1.54, 1.807) is 7.05 Å². The Kier molecular flexibility index (Phi) is 5.85. The predicted molar refractivity (Wildman–Crippen MR) is 62.1 cm³/mol. The molecule has 0 bridgehead atoms. The van der Waals surface area contributed by atoms with Gasteiger partial charge in [-0.05, 0) is 34.1 Å². The average Bonchev–Trinajstić information content (AvgIpc) is 2.10.